The van der Waals surface area contributed by atoms with Gasteiger partial charge in [-0.3, -0.25) is 4.79 Å². The van der Waals surface area contributed by atoms with E-state index in [9.17, 15) is 4.79 Å². The lowest BCUT2D eigenvalue weighted by Crippen LogP contribution is -2.40. The maximum atomic E-state index is 11.6. The molecule has 0 saturated heterocycles. The summed E-state index contributed by atoms with van der Waals surface area (Å²) in [5.74, 6) is 0.566. The second-order valence-corrected chi connectivity index (χ2v) is 4.66. The van der Waals surface area contributed by atoms with Crippen molar-refractivity contribution in [3.63, 3.8) is 0 Å². The largest absolute Gasteiger partial charge is 0.493 e. The molecule has 2 rings (SSSR count). The van der Waals surface area contributed by atoms with Crippen LogP contribution in [-0.2, 0) is 4.79 Å². The van der Waals surface area contributed by atoms with E-state index >= 15 is 0 Å². The monoisotopic (exact) mass is 250 g/mol. The molecular formula is C13H18N2O3. The lowest BCUT2D eigenvalue weighted by Gasteiger charge is -2.14. The fourth-order valence-electron chi connectivity index (χ4n) is 1.70. The summed E-state index contributed by atoms with van der Waals surface area (Å²) in [5, 5.41) is 11.9. The van der Waals surface area contributed by atoms with Crippen LogP contribution < -0.4 is 15.8 Å². The Hall–Kier alpha value is -1.75. The Bertz CT molecular complexity index is 430. The third-order valence-corrected chi connectivity index (χ3v) is 3.02. The number of ether oxygens (including phenoxy) is 1. The summed E-state index contributed by atoms with van der Waals surface area (Å²) in [7, 11) is 0. The Kier molecular flexibility index (Phi) is 3.72. The summed E-state index contributed by atoms with van der Waals surface area (Å²) in [6.07, 6.45) is 1.98. The van der Waals surface area contributed by atoms with Gasteiger partial charge in [-0.15, -0.1) is 0 Å². The maximum Gasteiger partial charge on any atom is 0.223 e. The summed E-state index contributed by atoms with van der Waals surface area (Å²) in [5.41, 5.74) is 5.89. The first-order valence-corrected chi connectivity index (χ1v) is 6.04. The molecular weight excluding hydrogens is 232 g/mol. The lowest BCUT2D eigenvalue weighted by molar-refractivity contribution is -0.122. The molecule has 1 amide bonds. The molecule has 1 aromatic carbocycles. The van der Waals surface area contributed by atoms with E-state index in [1.54, 1.807) is 24.3 Å². The molecule has 1 aliphatic rings. The molecule has 1 fully saturated rings. The number of rotatable bonds is 6. The molecule has 0 heterocycles. The second-order valence-electron chi connectivity index (χ2n) is 4.66. The van der Waals surface area contributed by atoms with E-state index in [1.807, 2.05) is 0 Å². The predicted octanol–water partition coefficient (Wildman–Crippen LogP) is 0.679. The van der Waals surface area contributed by atoms with Gasteiger partial charge in [0.25, 0.3) is 0 Å². The number of hydrogen-bond donors (Lipinski definition) is 3. The van der Waals surface area contributed by atoms with Crippen molar-refractivity contribution in [2.45, 2.75) is 24.8 Å². The normalized spacial score (nSPS) is 16.1. The van der Waals surface area contributed by atoms with Gasteiger partial charge in [-0.2, -0.15) is 0 Å². The minimum atomic E-state index is -0.353. The van der Waals surface area contributed by atoms with Gasteiger partial charge in [0.05, 0.1) is 25.2 Å². The number of carbonyl (C=O) groups excluding carboxylic acids is 1. The fourth-order valence-corrected chi connectivity index (χ4v) is 1.70. The Balaban J connectivity index is 1.70. The summed E-state index contributed by atoms with van der Waals surface area (Å²) in [6, 6.07) is 7.09. The van der Waals surface area contributed by atoms with Crippen LogP contribution in [-0.4, -0.2) is 29.8 Å². The van der Waals surface area contributed by atoms with Gasteiger partial charge < -0.3 is 20.9 Å². The highest BCUT2D eigenvalue weighted by molar-refractivity contribution is 5.77. The highest BCUT2D eigenvalue weighted by atomic mass is 16.5. The molecule has 5 heteroatoms. The number of amides is 1. The minimum absolute atomic E-state index is 0.00875. The SMILES string of the molecule is Nc1cccc(OCCC(=O)NC2(CO)CC2)c1. The number of nitrogen functional groups attached to an aromatic ring is 1. The van der Waals surface area contributed by atoms with Crippen LogP contribution in [0.3, 0.4) is 0 Å². The van der Waals surface area contributed by atoms with Crippen molar-refractivity contribution in [1.29, 1.82) is 0 Å². The van der Waals surface area contributed by atoms with Crippen LogP contribution in [0.1, 0.15) is 19.3 Å². The molecule has 0 radical (unpaired) electrons. The van der Waals surface area contributed by atoms with Crippen molar-refractivity contribution < 1.29 is 14.6 Å². The van der Waals surface area contributed by atoms with Crippen molar-refractivity contribution in [1.82, 2.24) is 5.32 Å². The molecule has 98 valence electrons. The van der Waals surface area contributed by atoms with E-state index in [0.717, 1.165) is 12.8 Å². The molecule has 1 saturated carbocycles. The average Bonchev–Trinajstić information content (AvgIpc) is 3.09. The van der Waals surface area contributed by atoms with Crippen LogP contribution in [0.15, 0.2) is 24.3 Å². The van der Waals surface area contributed by atoms with Gasteiger partial charge in [-0.25, -0.2) is 0 Å². The van der Waals surface area contributed by atoms with Crippen LogP contribution in [0.4, 0.5) is 5.69 Å². The number of aliphatic hydroxyl groups excluding tert-OH is 1. The van der Waals surface area contributed by atoms with Crippen LogP contribution in [0, 0.1) is 0 Å². The van der Waals surface area contributed by atoms with E-state index in [-0.39, 0.29) is 24.5 Å². The maximum absolute atomic E-state index is 11.6. The second kappa shape index (κ2) is 5.27. The Labute approximate surface area is 106 Å². The number of carbonyl (C=O) groups is 1. The zero-order chi connectivity index (χ0) is 13.0. The Morgan fingerprint density at radius 3 is 2.89 bits per heavy atom. The molecule has 0 unspecified atom stereocenters. The smallest absolute Gasteiger partial charge is 0.223 e. The number of nitrogens with one attached hydrogen (secondary N) is 1. The summed E-state index contributed by atoms with van der Waals surface area (Å²) in [6.45, 7) is 0.311. The number of anilines is 1. The molecule has 4 N–H and O–H groups in total. The van der Waals surface area contributed by atoms with Crippen LogP contribution >= 0.6 is 0 Å². The van der Waals surface area contributed by atoms with Gasteiger partial charge in [0, 0.05) is 11.8 Å². The first-order chi connectivity index (χ1) is 8.63. The minimum Gasteiger partial charge on any atom is -0.493 e. The molecule has 18 heavy (non-hydrogen) atoms. The molecule has 0 atom stereocenters. The Morgan fingerprint density at radius 2 is 2.28 bits per heavy atom. The van der Waals surface area contributed by atoms with Gasteiger partial charge in [0.1, 0.15) is 5.75 Å². The van der Waals surface area contributed by atoms with E-state index in [2.05, 4.69) is 5.32 Å². The summed E-state index contributed by atoms with van der Waals surface area (Å²) >= 11 is 0. The number of hydrogen-bond acceptors (Lipinski definition) is 4. The third-order valence-electron chi connectivity index (χ3n) is 3.02. The van der Waals surface area contributed by atoms with E-state index < -0.39 is 0 Å². The zero-order valence-electron chi connectivity index (χ0n) is 10.2. The molecule has 0 aromatic heterocycles. The molecule has 0 spiro atoms. The van der Waals surface area contributed by atoms with Crippen molar-refractivity contribution in [2.24, 2.45) is 0 Å². The first kappa shape index (κ1) is 12.7. The van der Waals surface area contributed by atoms with Gasteiger partial charge >= 0.3 is 0 Å². The van der Waals surface area contributed by atoms with Gasteiger partial charge in [-0.1, -0.05) is 6.07 Å². The third kappa shape index (κ3) is 3.37. The topological polar surface area (TPSA) is 84.6 Å². The standard InChI is InChI=1S/C13H18N2O3/c14-10-2-1-3-11(8-10)18-7-4-12(17)15-13(9-16)5-6-13/h1-3,8,16H,4-7,9,14H2,(H,15,17). The van der Waals surface area contributed by atoms with Crippen molar-refractivity contribution >= 4 is 11.6 Å². The number of nitrogens with two attached hydrogens (primary N) is 1. The quantitative estimate of drug-likeness (QED) is 0.648. The number of benzene rings is 1. The molecule has 5 nitrogen and oxygen atoms in total. The van der Waals surface area contributed by atoms with Gasteiger partial charge in [0.15, 0.2) is 0 Å². The average molecular weight is 250 g/mol. The van der Waals surface area contributed by atoms with Crippen LogP contribution in [0.25, 0.3) is 0 Å². The molecule has 1 aliphatic carbocycles. The van der Waals surface area contributed by atoms with Crippen molar-refractivity contribution in [3.05, 3.63) is 24.3 Å². The highest BCUT2D eigenvalue weighted by Gasteiger charge is 2.43. The highest BCUT2D eigenvalue weighted by Crippen LogP contribution is 2.34. The molecule has 1 aromatic rings. The van der Waals surface area contributed by atoms with Gasteiger partial charge in [-0.05, 0) is 25.0 Å². The lowest BCUT2D eigenvalue weighted by atomic mass is 10.2. The van der Waals surface area contributed by atoms with E-state index in [4.69, 9.17) is 15.6 Å². The molecule has 0 aliphatic heterocycles. The fraction of sp³-hybridized carbons (Fsp3) is 0.462. The molecule has 0 bridgehead atoms. The first-order valence-electron chi connectivity index (χ1n) is 6.04. The van der Waals surface area contributed by atoms with E-state index in [1.165, 1.54) is 0 Å². The van der Waals surface area contributed by atoms with Crippen molar-refractivity contribution in [2.75, 3.05) is 18.9 Å². The van der Waals surface area contributed by atoms with Crippen LogP contribution in [0.2, 0.25) is 0 Å². The zero-order valence-corrected chi connectivity index (χ0v) is 10.2. The van der Waals surface area contributed by atoms with Crippen molar-refractivity contribution in [3.8, 4) is 5.75 Å². The Morgan fingerprint density at radius 1 is 1.50 bits per heavy atom. The van der Waals surface area contributed by atoms with Crippen LogP contribution in [0.5, 0.6) is 5.75 Å². The predicted molar refractivity (Wildman–Crippen MR) is 68.2 cm³/mol. The van der Waals surface area contributed by atoms with E-state index in [0.29, 0.717) is 18.0 Å². The summed E-state index contributed by atoms with van der Waals surface area (Å²) in [4.78, 5) is 11.6. The number of aliphatic hydroxyl groups is 1. The summed E-state index contributed by atoms with van der Waals surface area (Å²) < 4.78 is 5.42. The van der Waals surface area contributed by atoms with Gasteiger partial charge in [0.2, 0.25) is 5.91 Å².